The smallest absolute Gasteiger partial charge is 0.325 e. The predicted molar refractivity (Wildman–Crippen MR) is 76.5 cm³/mol. The van der Waals surface area contributed by atoms with Crippen LogP contribution in [-0.4, -0.2) is 52.0 Å². The fourth-order valence-corrected chi connectivity index (χ4v) is 2.63. The number of carbonyl (C=O) groups is 1. The summed E-state index contributed by atoms with van der Waals surface area (Å²) in [5.41, 5.74) is 0.570. The van der Waals surface area contributed by atoms with E-state index in [2.05, 4.69) is 0 Å². The first-order chi connectivity index (χ1) is 10.0. The molecule has 1 aliphatic heterocycles. The molecule has 1 unspecified atom stereocenters. The van der Waals surface area contributed by atoms with E-state index in [0.29, 0.717) is 43.9 Å². The van der Waals surface area contributed by atoms with Gasteiger partial charge in [0.25, 0.3) is 0 Å². The Morgan fingerprint density at radius 3 is 2.67 bits per heavy atom. The summed E-state index contributed by atoms with van der Waals surface area (Å²) in [7, 11) is 0. The number of ether oxygens (including phenoxy) is 1. The molecule has 21 heavy (non-hydrogen) atoms. The number of aliphatic carboxylic acids is 1. The molecule has 6 nitrogen and oxygen atoms in total. The van der Waals surface area contributed by atoms with Gasteiger partial charge in [-0.05, 0) is 37.5 Å². The second-order valence-electron chi connectivity index (χ2n) is 5.17. The maximum atomic E-state index is 11.6. The number of aliphatic hydroxyl groups is 1. The fourth-order valence-electron chi connectivity index (χ4n) is 2.63. The summed E-state index contributed by atoms with van der Waals surface area (Å²) in [5.74, 6) is -0.656. The molecule has 1 fully saturated rings. The van der Waals surface area contributed by atoms with Gasteiger partial charge in [-0.15, -0.1) is 0 Å². The lowest BCUT2D eigenvalue weighted by molar-refractivity contribution is -0.144. The second kappa shape index (κ2) is 6.78. The Hall–Kier alpha value is -1.79. The van der Waals surface area contributed by atoms with Crippen molar-refractivity contribution in [2.75, 3.05) is 19.7 Å². The molecule has 1 aromatic rings. The molecule has 0 amide bonds. The van der Waals surface area contributed by atoms with Gasteiger partial charge < -0.3 is 20.1 Å². The van der Waals surface area contributed by atoms with Crippen molar-refractivity contribution in [3.05, 3.63) is 23.8 Å². The predicted octanol–water partition coefficient (Wildman–Crippen LogP) is 1.37. The third-order valence-corrected chi connectivity index (χ3v) is 3.70. The number of hydrogen-bond acceptors (Lipinski definition) is 5. The summed E-state index contributed by atoms with van der Waals surface area (Å²) in [6.45, 7) is 3.25. The van der Waals surface area contributed by atoms with E-state index in [1.165, 1.54) is 6.07 Å². The highest BCUT2D eigenvalue weighted by Gasteiger charge is 2.31. The highest BCUT2D eigenvalue weighted by atomic mass is 16.5. The third-order valence-electron chi connectivity index (χ3n) is 3.70. The van der Waals surface area contributed by atoms with Crippen LogP contribution in [0.5, 0.6) is 11.5 Å². The van der Waals surface area contributed by atoms with Crippen LogP contribution >= 0.6 is 0 Å². The van der Waals surface area contributed by atoms with Crippen molar-refractivity contribution in [3.63, 3.8) is 0 Å². The number of aromatic hydroxyl groups is 1. The third kappa shape index (κ3) is 3.65. The number of phenols is 1. The molecule has 0 bridgehead atoms. The zero-order chi connectivity index (χ0) is 15.4. The molecule has 1 heterocycles. The van der Waals surface area contributed by atoms with Gasteiger partial charge in [0.1, 0.15) is 6.04 Å². The van der Waals surface area contributed by atoms with Gasteiger partial charge in [-0.25, -0.2) is 0 Å². The van der Waals surface area contributed by atoms with Crippen molar-refractivity contribution in [2.24, 2.45) is 0 Å². The Bertz CT molecular complexity index is 497. The van der Waals surface area contributed by atoms with Gasteiger partial charge in [-0.2, -0.15) is 0 Å². The maximum Gasteiger partial charge on any atom is 0.325 e. The van der Waals surface area contributed by atoms with E-state index in [-0.39, 0.29) is 11.9 Å². The molecule has 0 saturated carbocycles. The molecule has 3 N–H and O–H groups in total. The Morgan fingerprint density at radius 1 is 1.43 bits per heavy atom. The monoisotopic (exact) mass is 295 g/mol. The molecular weight excluding hydrogens is 274 g/mol. The Labute approximate surface area is 123 Å². The van der Waals surface area contributed by atoms with E-state index in [4.69, 9.17) is 4.74 Å². The number of aliphatic hydroxyl groups excluding tert-OH is 1. The van der Waals surface area contributed by atoms with Crippen molar-refractivity contribution in [1.82, 2.24) is 4.90 Å². The summed E-state index contributed by atoms with van der Waals surface area (Å²) < 4.78 is 5.31. The first-order valence-corrected chi connectivity index (χ1v) is 7.13. The molecule has 1 atom stereocenters. The number of benzene rings is 1. The molecule has 0 radical (unpaired) electrons. The summed E-state index contributed by atoms with van der Waals surface area (Å²) in [6.07, 6.45) is 0.787. The summed E-state index contributed by atoms with van der Waals surface area (Å²) in [4.78, 5) is 13.5. The largest absolute Gasteiger partial charge is 0.504 e. The van der Waals surface area contributed by atoms with Crippen LogP contribution in [0.4, 0.5) is 0 Å². The van der Waals surface area contributed by atoms with Crippen molar-refractivity contribution in [1.29, 1.82) is 0 Å². The number of phenolic OH excluding ortho intramolecular Hbond substituents is 1. The average Bonchev–Trinajstić information content (AvgIpc) is 2.44. The summed E-state index contributed by atoms with van der Waals surface area (Å²) in [5, 5.41) is 28.8. The first-order valence-electron chi connectivity index (χ1n) is 7.13. The van der Waals surface area contributed by atoms with E-state index < -0.39 is 12.0 Å². The van der Waals surface area contributed by atoms with Gasteiger partial charge in [0.2, 0.25) is 0 Å². The van der Waals surface area contributed by atoms with E-state index in [1.54, 1.807) is 19.1 Å². The Morgan fingerprint density at radius 2 is 2.10 bits per heavy atom. The number of carboxylic acids is 1. The highest BCUT2D eigenvalue weighted by molar-refractivity contribution is 5.76. The molecule has 0 aliphatic carbocycles. The molecule has 1 aliphatic rings. The van der Waals surface area contributed by atoms with Gasteiger partial charge in [-0.1, -0.05) is 6.07 Å². The number of carboxylic acid groups (broad SMARTS) is 1. The lowest BCUT2D eigenvalue weighted by atomic mass is 10.00. The quantitative estimate of drug-likeness (QED) is 0.760. The zero-order valence-corrected chi connectivity index (χ0v) is 12.0. The van der Waals surface area contributed by atoms with E-state index in [1.807, 2.05) is 4.90 Å². The maximum absolute atomic E-state index is 11.6. The second-order valence-corrected chi connectivity index (χ2v) is 5.17. The normalized spacial score (nSPS) is 18.4. The topological polar surface area (TPSA) is 90.2 Å². The minimum Gasteiger partial charge on any atom is -0.504 e. The van der Waals surface area contributed by atoms with Crippen molar-refractivity contribution in [2.45, 2.75) is 31.9 Å². The van der Waals surface area contributed by atoms with Gasteiger partial charge in [0.15, 0.2) is 11.5 Å². The summed E-state index contributed by atoms with van der Waals surface area (Å²) >= 11 is 0. The lowest BCUT2D eigenvalue weighted by Gasteiger charge is -2.34. The number of hydrogen-bond donors (Lipinski definition) is 3. The van der Waals surface area contributed by atoms with Crippen molar-refractivity contribution < 1.29 is 24.9 Å². The standard InChI is InChI=1S/C15H21NO5/c1-2-21-13-9-10(3-4-12(13)18)14(15(19)20)16-7-5-11(17)6-8-16/h3-4,9,11,14,17-18H,2,5-8H2,1H3,(H,19,20). The van der Waals surface area contributed by atoms with Gasteiger partial charge in [-0.3, -0.25) is 9.69 Å². The molecule has 6 heteroatoms. The Kier molecular flexibility index (Phi) is 5.03. The number of piperidine rings is 1. The average molecular weight is 295 g/mol. The molecular formula is C15H21NO5. The van der Waals surface area contributed by atoms with Crippen LogP contribution in [0.2, 0.25) is 0 Å². The van der Waals surface area contributed by atoms with E-state index in [0.717, 1.165) is 0 Å². The molecule has 0 aromatic heterocycles. The minimum absolute atomic E-state index is 0.00111. The minimum atomic E-state index is -0.945. The molecule has 1 aromatic carbocycles. The molecule has 2 rings (SSSR count). The lowest BCUT2D eigenvalue weighted by Crippen LogP contribution is -2.41. The number of rotatable bonds is 5. The van der Waals surface area contributed by atoms with Crippen LogP contribution in [0.15, 0.2) is 18.2 Å². The number of nitrogens with zero attached hydrogens (tertiary/aromatic N) is 1. The molecule has 1 saturated heterocycles. The van der Waals surface area contributed by atoms with Crippen molar-refractivity contribution in [3.8, 4) is 11.5 Å². The van der Waals surface area contributed by atoms with Gasteiger partial charge in [0, 0.05) is 13.1 Å². The van der Waals surface area contributed by atoms with Crippen LogP contribution in [0, 0.1) is 0 Å². The highest BCUT2D eigenvalue weighted by Crippen LogP contribution is 2.32. The van der Waals surface area contributed by atoms with Crippen molar-refractivity contribution >= 4 is 5.97 Å². The first kappa shape index (κ1) is 15.6. The van der Waals surface area contributed by atoms with Crippen LogP contribution in [0.3, 0.4) is 0 Å². The Balaban J connectivity index is 2.26. The van der Waals surface area contributed by atoms with E-state index in [9.17, 15) is 20.1 Å². The van der Waals surface area contributed by atoms with Crippen LogP contribution in [0.25, 0.3) is 0 Å². The van der Waals surface area contributed by atoms with Crippen LogP contribution in [-0.2, 0) is 4.79 Å². The zero-order valence-electron chi connectivity index (χ0n) is 12.0. The SMILES string of the molecule is CCOc1cc(C(C(=O)O)N2CCC(O)CC2)ccc1O. The van der Waals surface area contributed by atoms with Gasteiger partial charge >= 0.3 is 5.97 Å². The van der Waals surface area contributed by atoms with Gasteiger partial charge in [0.05, 0.1) is 12.7 Å². The number of likely N-dealkylation sites (tertiary alicyclic amines) is 1. The van der Waals surface area contributed by atoms with Crippen LogP contribution < -0.4 is 4.74 Å². The molecule has 116 valence electrons. The van der Waals surface area contributed by atoms with E-state index >= 15 is 0 Å². The van der Waals surface area contributed by atoms with Crippen LogP contribution in [0.1, 0.15) is 31.4 Å². The molecule has 0 spiro atoms. The summed E-state index contributed by atoms with van der Waals surface area (Å²) in [6, 6.07) is 3.83. The fraction of sp³-hybridized carbons (Fsp3) is 0.533.